The summed E-state index contributed by atoms with van der Waals surface area (Å²) in [6.45, 7) is -0.520. The monoisotopic (exact) mass is 445 g/mol. The summed E-state index contributed by atoms with van der Waals surface area (Å²) in [6.07, 6.45) is 0. The summed E-state index contributed by atoms with van der Waals surface area (Å²) in [6, 6.07) is 16.4. The first kappa shape index (κ1) is 21.0. The number of nitrogens with one attached hydrogen (secondary N) is 1. The van der Waals surface area contributed by atoms with Crippen molar-refractivity contribution in [3.63, 3.8) is 0 Å². The number of benzene rings is 2. The van der Waals surface area contributed by atoms with Crippen LogP contribution in [0.4, 0.5) is 5.00 Å². The summed E-state index contributed by atoms with van der Waals surface area (Å²) >= 11 is 1.19. The maximum absolute atomic E-state index is 12.5. The molecule has 1 aromatic heterocycles. The molecule has 158 valence electrons. The Morgan fingerprint density at radius 1 is 1.03 bits per heavy atom. The van der Waals surface area contributed by atoms with Gasteiger partial charge in [0.15, 0.2) is 6.61 Å². The molecule has 0 aliphatic carbocycles. The Labute approximate surface area is 186 Å². The number of nitrogens with zero attached hydrogens (tertiary/aromatic N) is 2. The molecule has 0 radical (unpaired) electrons. The average molecular weight is 445 g/mol. The number of anilines is 1. The SMILES string of the molecule is N#Cc1ccsc1NC(=O)COC(=O)c1cccc(CN2C(=O)c3ccccc3C2=O)c1. The van der Waals surface area contributed by atoms with Gasteiger partial charge in [-0.25, -0.2) is 4.79 Å². The number of nitriles is 1. The number of hydrogen-bond acceptors (Lipinski definition) is 7. The summed E-state index contributed by atoms with van der Waals surface area (Å²) in [7, 11) is 0. The molecule has 9 heteroatoms. The molecular formula is C23H15N3O5S. The van der Waals surface area contributed by atoms with Crippen molar-refractivity contribution in [2.75, 3.05) is 11.9 Å². The molecule has 8 nitrogen and oxygen atoms in total. The third-order valence-corrected chi connectivity index (χ3v) is 5.58. The van der Waals surface area contributed by atoms with E-state index in [1.54, 1.807) is 47.8 Å². The van der Waals surface area contributed by atoms with Crippen LogP contribution in [-0.2, 0) is 16.1 Å². The zero-order valence-electron chi connectivity index (χ0n) is 16.5. The van der Waals surface area contributed by atoms with E-state index in [1.807, 2.05) is 6.07 Å². The fourth-order valence-corrected chi connectivity index (χ4v) is 3.99. The van der Waals surface area contributed by atoms with Gasteiger partial charge >= 0.3 is 5.97 Å². The number of rotatable bonds is 6. The lowest BCUT2D eigenvalue weighted by molar-refractivity contribution is -0.119. The van der Waals surface area contributed by atoms with Gasteiger partial charge in [-0.05, 0) is 41.3 Å². The fourth-order valence-electron chi connectivity index (χ4n) is 3.23. The topological polar surface area (TPSA) is 117 Å². The highest BCUT2D eigenvalue weighted by molar-refractivity contribution is 7.14. The molecule has 3 amide bonds. The quantitative estimate of drug-likeness (QED) is 0.460. The van der Waals surface area contributed by atoms with Crippen molar-refractivity contribution in [2.24, 2.45) is 0 Å². The number of carbonyl (C=O) groups excluding carboxylic acids is 4. The van der Waals surface area contributed by atoms with Crippen LogP contribution >= 0.6 is 11.3 Å². The number of esters is 1. The minimum atomic E-state index is -0.726. The van der Waals surface area contributed by atoms with Crippen molar-refractivity contribution >= 4 is 40.0 Å². The van der Waals surface area contributed by atoms with Crippen LogP contribution in [0.5, 0.6) is 0 Å². The van der Waals surface area contributed by atoms with Crippen LogP contribution in [0.15, 0.2) is 60.0 Å². The van der Waals surface area contributed by atoms with Gasteiger partial charge in [0.25, 0.3) is 17.7 Å². The van der Waals surface area contributed by atoms with Gasteiger partial charge in [0.05, 0.1) is 28.8 Å². The van der Waals surface area contributed by atoms with Crippen LogP contribution in [-0.4, -0.2) is 35.2 Å². The van der Waals surface area contributed by atoms with Crippen LogP contribution in [0.3, 0.4) is 0 Å². The van der Waals surface area contributed by atoms with Crippen LogP contribution in [0.2, 0.25) is 0 Å². The molecule has 0 bridgehead atoms. The van der Waals surface area contributed by atoms with Crippen molar-refractivity contribution in [3.8, 4) is 6.07 Å². The highest BCUT2D eigenvalue weighted by Crippen LogP contribution is 2.25. The highest BCUT2D eigenvalue weighted by atomic mass is 32.1. The largest absolute Gasteiger partial charge is 0.452 e. The van der Waals surface area contributed by atoms with Gasteiger partial charge in [-0.1, -0.05) is 24.3 Å². The molecule has 0 unspecified atom stereocenters. The first-order chi connectivity index (χ1) is 15.5. The summed E-state index contributed by atoms with van der Waals surface area (Å²) in [5, 5.41) is 13.6. The number of imide groups is 1. The van der Waals surface area contributed by atoms with E-state index in [2.05, 4.69) is 5.32 Å². The minimum Gasteiger partial charge on any atom is -0.452 e. The second kappa shape index (κ2) is 8.83. The van der Waals surface area contributed by atoms with Gasteiger partial charge in [0.2, 0.25) is 0 Å². The van der Waals surface area contributed by atoms with Crippen molar-refractivity contribution in [3.05, 3.63) is 87.8 Å². The van der Waals surface area contributed by atoms with E-state index in [-0.39, 0.29) is 23.9 Å². The van der Waals surface area contributed by atoms with Crippen LogP contribution in [0, 0.1) is 11.3 Å². The van der Waals surface area contributed by atoms with E-state index >= 15 is 0 Å². The number of fused-ring (bicyclic) bond motifs is 1. The average Bonchev–Trinajstić information content (AvgIpc) is 3.35. The molecule has 1 N–H and O–H groups in total. The molecule has 0 saturated heterocycles. The second-order valence-corrected chi connectivity index (χ2v) is 7.76. The van der Waals surface area contributed by atoms with E-state index in [9.17, 15) is 19.2 Å². The molecule has 3 aromatic rings. The standard InChI is InChI=1S/C23H15N3O5S/c24-11-16-8-9-32-20(16)25-19(27)13-31-23(30)15-5-3-4-14(10-15)12-26-21(28)17-6-1-2-7-18(17)22(26)29/h1-10H,12-13H2,(H,25,27). The van der Waals surface area contributed by atoms with E-state index in [1.165, 1.54) is 23.5 Å². The molecule has 1 aliphatic rings. The van der Waals surface area contributed by atoms with Gasteiger partial charge in [0, 0.05) is 0 Å². The maximum atomic E-state index is 12.5. The van der Waals surface area contributed by atoms with Crippen molar-refractivity contribution < 1.29 is 23.9 Å². The van der Waals surface area contributed by atoms with Gasteiger partial charge in [-0.2, -0.15) is 5.26 Å². The smallest absolute Gasteiger partial charge is 0.338 e. The summed E-state index contributed by atoms with van der Waals surface area (Å²) in [5.41, 5.74) is 1.78. The fraction of sp³-hybridized carbons (Fsp3) is 0.0870. The first-order valence-electron chi connectivity index (χ1n) is 9.46. The van der Waals surface area contributed by atoms with Gasteiger partial charge in [0.1, 0.15) is 11.1 Å². The number of hydrogen-bond donors (Lipinski definition) is 1. The van der Waals surface area contributed by atoms with Crippen molar-refractivity contribution in [1.82, 2.24) is 4.90 Å². The number of amides is 3. The Morgan fingerprint density at radius 2 is 1.75 bits per heavy atom. The van der Waals surface area contributed by atoms with Gasteiger partial charge in [-0.3, -0.25) is 19.3 Å². The molecule has 0 saturated carbocycles. The van der Waals surface area contributed by atoms with Gasteiger partial charge < -0.3 is 10.1 Å². The second-order valence-electron chi connectivity index (χ2n) is 6.84. The van der Waals surface area contributed by atoms with Crippen LogP contribution in [0.25, 0.3) is 0 Å². The predicted molar refractivity (Wildman–Crippen MR) is 115 cm³/mol. The Balaban J connectivity index is 1.38. The first-order valence-corrected chi connectivity index (χ1v) is 10.3. The Bertz CT molecular complexity index is 1260. The predicted octanol–water partition coefficient (Wildman–Crippen LogP) is 3.21. The summed E-state index contributed by atoms with van der Waals surface area (Å²) < 4.78 is 5.05. The van der Waals surface area contributed by atoms with Crippen LogP contribution < -0.4 is 5.32 Å². The van der Waals surface area contributed by atoms with E-state index < -0.39 is 18.5 Å². The number of thiophene rings is 1. The van der Waals surface area contributed by atoms with Crippen molar-refractivity contribution in [1.29, 1.82) is 5.26 Å². The molecule has 4 rings (SSSR count). The van der Waals surface area contributed by atoms with Crippen molar-refractivity contribution in [2.45, 2.75) is 6.54 Å². The Kier molecular flexibility index (Phi) is 5.79. The lowest BCUT2D eigenvalue weighted by Crippen LogP contribution is -2.29. The normalized spacial score (nSPS) is 12.3. The zero-order chi connectivity index (χ0) is 22.7. The van der Waals surface area contributed by atoms with Crippen LogP contribution in [0.1, 0.15) is 42.2 Å². The zero-order valence-corrected chi connectivity index (χ0v) is 17.3. The van der Waals surface area contributed by atoms with Gasteiger partial charge in [-0.15, -0.1) is 11.3 Å². The molecule has 32 heavy (non-hydrogen) atoms. The lowest BCUT2D eigenvalue weighted by atomic mass is 10.1. The maximum Gasteiger partial charge on any atom is 0.338 e. The molecule has 0 fully saturated rings. The highest BCUT2D eigenvalue weighted by Gasteiger charge is 2.35. The lowest BCUT2D eigenvalue weighted by Gasteiger charge is -2.14. The minimum absolute atomic E-state index is 0.00324. The molecule has 0 atom stereocenters. The molecule has 2 heterocycles. The molecule has 0 spiro atoms. The van der Waals surface area contributed by atoms with E-state index in [4.69, 9.17) is 10.00 Å². The molecule has 2 aromatic carbocycles. The third kappa shape index (κ3) is 4.12. The summed E-state index contributed by atoms with van der Waals surface area (Å²) in [4.78, 5) is 50.6. The third-order valence-electron chi connectivity index (χ3n) is 4.75. The molecular weight excluding hydrogens is 430 g/mol. The van der Waals surface area contributed by atoms with E-state index in [0.29, 0.717) is 27.3 Å². The Hall–Kier alpha value is -4.29. The Morgan fingerprint density at radius 3 is 2.44 bits per heavy atom. The number of carbonyl (C=O) groups is 4. The summed E-state index contributed by atoms with van der Waals surface area (Å²) in [5.74, 6) is -2.07. The number of ether oxygens (including phenoxy) is 1. The van der Waals surface area contributed by atoms with E-state index in [0.717, 1.165) is 4.90 Å². The molecule has 1 aliphatic heterocycles.